The van der Waals surface area contributed by atoms with E-state index in [0.717, 1.165) is 0 Å². The van der Waals surface area contributed by atoms with Crippen LogP contribution in [-0.4, -0.2) is 0 Å². The summed E-state index contributed by atoms with van der Waals surface area (Å²) in [6.07, 6.45) is 0. The van der Waals surface area contributed by atoms with Crippen molar-refractivity contribution >= 4 is 0 Å². The van der Waals surface area contributed by atoms with Crippen molar-refractivity contribution in [1.82, 2.24) is 0 Å². The van der Waals surface area contributed by atoms with Crippen LogP contribution in [0.2, 0.25) is 0 Å². The predicted octanol–water partition coefficient (Wildman–Crippen LogP) is -0.00750. The largest absolute Gasteiger partial charge is 0 e. The van der Waals surface area contributed by atoms with Gasteiger partial charge in [0.05, 0.1) is 0 Å². The van der Waals surface area contributed by atoms with Crippen molar-refractivity contribution < 1.29 is 92.1 Å². The first kappa shape index (κ1) is 28.6. The summed E-state index contributed by atoms with van der Waals surface area (Å²) < 4.78 is 0. The van der Waals surface area contributed by atoms with Gasteiger partial charge in [0.25, 0.3) is 0 Å². The molecule has 0 N–H and O–H groups in total. The molecule has 30 valence electrons. The van der Waals surface area contributed by atoms with E-state index >= 15 is 0 Å². The summed E-state index contributed by atoms with van der Waals surface area (Å²) in [6.45, 7) is 0. The van der Waals surface area contributed by atoms with E-state index in [1.54, 1.807) is 0 Å². The zero-order valence-electron chi connectivity index (χ0n) is 1.53. The minimum absolute atomic E-state index is 0. The topological polar surface area (TPSA) is 0 Å². The maximum absolute atomic E-state index is 0. The third kappa shape index (κ3) is 8.86. The Morgan fingerprint density at radius 1 is 1.00 bits per heavy atom. The molecule has 0 aliphatic carbocycles. The van der Waals surface area contributed by atoms with Crippen molar-refractivity contribution in [3.05, 3.63) is 0 Å². The van der Waals surface area contributed by atoms with E-state index in [4.69, 9.17) is 0 Å². The van der Waals surface area contributed by atoms with E-state index in [-0.39, 0.29) is 92.1 Å². The van der Waals surface area contributed by atoms with Gasteiger partial charge in [-0.25, -0.2) is 0 Å². The fourth-order valence-electron chi connectivity index (χ4n) is 0. The molecule has 4 heavy (non-hydrogen) atoms. The van der Waals surface area contributed by atoms with Crippen LogP contribution < -0.4 is 0 Å². The SMILES string of the molecule is [Ce].[Co].[Mn].[Ni]. The molecule has 0 aliphatic heterocycles. The molecule has 0 spiro atoms. The molecule has 0 bridgehead atoms. The average molecular weight is 313 g/mol. The minimum Gasteiger partial charge on any atom is 0 e. The van der Waals surface area contributed by atoms with Crippen LogP contribution in [-0.2, 0) is 50.3 Å². The van der Waals surface area contributed by atoms with Gasteiger partial charge >= 0.3 is 0 Å². The molecule has 0 aliphatic rings. The van der Waals surface area contributed by atoms with E-state index in [2.05, 4.69) is 0 Å². The van der Waals surface area contributed by atoms with E-state index in [9.17, 15) is 0 Å². The van der Waals surface area contributed by atoms with Gasteiger partial charge in [0, 0.05) is 92.1 Å². The fourth-order valence-corrected chi connectivity index (χ4v) is 0. The summed E-state index contributed by atoms with van der Waals surface area (Å²) in [4.78, 5) is 0. The second kappa shape index (κ2) is 16.9. The molecule has 0 fully saturated rings. The molecule has 2 radical (unpaired) electrons. The summed E-state index contributed by atoms with van der Waals surface area (Å²) in [5.74, 6) is 0. The van der Waals surface area contributed by atoms with Crippen LogP contribution in [0.5, 0.6) is 0 Å². The van der Waals surface area contributed by atoms with Gasteiger partial charge in [0.1, 0.15) is 0 Å². The van der Waals surface area contributed by atoms with Crippen LogP contribution in [0.3, 0.4) is 0 Å². The molecule has 0 amide bonds. The Balaban J connectivity index is 0. The zero-order valence-corrected chi connectivity index (χ0v) is 7.88. The summed E-state index contributed by atoms with van der Waals surface area (Å²) in [7, 11) is 0. The maximum atomic E-state index is 0. The molecule has 0 aromatic carbocycles. The molecule has 0 saturated carbocycles. The van der Waals surface area contributed by atoms with E-state index in [0.29, 0.717) is 0 Å². The Labute approximate surface area is 90.2 Å². The van der Waals surface area contributed by atoms with Crippen LogP contribution in [0.25, 0.3) is 0 Å². The standard InChI is InChI=1S/Ce.Co.Mn.Ni. The predicted molar refractivity (Wildman–Crippen MR) is 0 cm³/mol. The molecule has 0 aromatic heterocycles. The second-order valence-electron chi connectivity index (χ2n) is 0. The van der Waals surface area contributed by atoms with Gasteiger partial charge in [-0.3, -0.25) is 0 Å². The summed E-state index contributed by atoms with van der Waals surface area (Å²) in [5, 5.41) is 0. The molecular formula is CeCoMnNi. The molecule has 0 rings (SSSR count). The minimum atomic E-state index is 0. The van der Waals surface area contributed by atoms with Crippen molar-refractivity contribution in [2.45, 2.75) is 0 Å². The monoisotopic (exact) mass is 312 g/mol. The first-order valence-corrected chi connectivity index (χ1v) is 0. The number of hydrogen-bond donors (Lipinski definition) is 0. The van der Waals surface area contributed by atoms with Crippen molar-refractivity contribution in [2.75, 3.05) is 0 Å². The Morgan fingerprint density at radius 3 is 1.00 bits per heavy atom. The first-order valence-electron chi connectivity index (χ1n) is 0. The Morgan fingerprint density at radius 2 is 1.00 bits per heavy atom. The van der Waals surface area contributed by atoms with E-state index < -0.39 is 0 Å². The normalized spacial score (nSPS) is 0. The maximum Gasteiger partial charge on any atom is 0 e. The fraction of sp³-hybridized carbons (Fsp3) is 0. The van der Waals surface area contributed by atoms with Crippen LogP contribution in [0.15, 0.2) is 0 Å². The number of rotatable bonds is 0. The smallest absolute Gasteiger partial charge is 0 e. The van der Waals surface area contributed by atoms with Crippen LogP contribution >= 0.6 is 0 Å². The van der Waals surface area contributed by atoms with Gasteiger partial charge in [-0.1, -0.05) is 0 Å². The van der Waals surface area contributed by atoms with Gasteiger partial charge in [-0.15, -0.1) is 0 Å². The molecule has 0 nitrogen and oxygen atoms in total. The van der Waals surface area contributed by atoms with Crippen LogP contribution in [0.4, 0.5) is 0 Å². The number of hydrogen-bond acceptors (Lipinski definition) is 0. The second-order valence-corrected chi connectivity index (χ2v) is 0. The summed E-state index contributed by atoms with van der Waals surface area (Å²) in [6, 6.07) is 0. The quantitative estimate of drug-likeness (QED) is 0.552. The van der Waals surface area contributed by atoms with E-state index in [1.165, 1.54) is 0 Å². The van der Waals surface area contributed by atoms with Crippen LogP contribution in [0, 0.1) is 41.7 Å². The Hall–Kier alpha value is 2.90. The third-order valence-corrected chi connectivity index (χ3v) is 0. The molecule has 4 heteroatoms. The van der Waals surface area contributed by atoms with Crippen molar-refractivity contribution in [2.24, 2.45) is 0 Å². The third-order valence-electron chi connectivity index (χ3n) is 0. The average Bonchev–Trinajstić information content (AvgIpc) is 0. The van der Waals surface area contributed by atoms with Crippen molar-refractivity contribution in [1.29, 1.82) is 0 Å². The van der Waals surface area contributed by atoms with Gasteiger partial charge in [-0.2, -0.15) is 0 Å². The molecule has 0 unspecified atom stereocenters. The van der Waals surface area contributed by atoms with Gasteiger partial charge in [0.15, 0.2) is 0 Å². The molecule has 0 aromatic rings. The van der Waals surface area contributed by atoms with Crippen molar-refractivity contribution in [3.8, 4) is 0 Å². The molecular weight excluding hydrogens is 313 g/mol. The van der Waals surface area contributed by atoms with Crippen LogP contribution in [0.1, 0.15) is 0 Å². The van der Waals surface area contributed by atoms with Gasteiger partial charge < -0.3 is 0 Å². The first-order chi connectivity index (χ1) is 0. The van der Waals surface area contributed by atoms with Gasteiger partial charge in [-0.05, 0) is 0 Å². The van der Waals surface area contributed by atoms with E-state index in [1.807, 2.05) is 0 Å². The summed E-state index contributed by atoms with van der Waals surface area (Å²) >= 11 is 0. The molecule has 0 saturated heterocycles. The van der Waals surface area contributed by atoms with Crippen molar-refractivity contribution in [3.63, 3.8) is 0 Å². The summed E-state index contributed by atoms with van der Waals surface area (Å²) in [5.41, 5.74) is 0. The van der Waals surface area contributed by atoms with Gasteiger partial charge in [0.2, 0.25) is 0 Å². The zero-order chi connectivity index (χ0) is 0. The molecule has 0 heterocycles. The Kier molecular flexibility index (Phi) is 120. The molecule has 0 atom stereocenters. The Bertz CT molecular complexity index is 8.00.